The Morgan fingerprint density at radius 3 is 2.58 bits per heavy atom. The fourth-order valence-corrected chi connectivity index (χ4v) is 0.997. The maximum atomic E-state index is 5.58. The van der Waals surface area contributed by atoms with Crippen LogP contribution >= 0.6 is 11.6 Å². The van der Waals surface area contributed by atoms with Gasteiger partial charge in [0.2, 0.25) is 0 Å². The second-order valence-electron chi connectivity index (χ2n) is 3.20. The second-order valence-corrected chi connectivity index (χ2v) is 3.74. The molecule has 0 heterocycles. The van der Waals surface area contributed by atoms with Crippen LogP contribution in [-0.2, 0) is 0 Å². The van der Waals surface area contributed by atoms with Gasteiger partial charge in [-0.05, 0) is 40.0 Å². The van der Waals surface area contributed by atoms with E-state index in [0.717, 1.165) is 19.6 Å². The van der Waals surface area contributed by atoms with E-state index >= 15 is 0 Å². The van der Waals surface area contributed by atoms with Gasteiger partial charge in [-0.2, -0.15) is 0 Å². The first-order chi connectivity index (χ1) is 5.63. The lowest BCUT2D eigenvalue weighted by atomic mass is 10.3. The van der Waals surface area contributed by atoms with Crippen LogP contribution < -0.4 is 5.32 Å². The summed E-state index contributed by atoms with van der Waals surface area (Å²) in [5.74, 6) is 0. The fourth-order valence-electron chi connectivity index (χ4n) is 0.902. The van der Waals surface area contributed by atoms with Gasteiger partial charge in [0, 0.05) is 11.6 Å². The van der Waals surface area contributed by atoms with E-state index in [1.54, 1.807) is 0 Å². The predicted molar refractivity (Wildman–Crippen MR) is 55.7 cm³/mol. The lowest BCUT2D eigenvalue weighted by Crippen LogP contribution is -2.19. The summed E-state index contributed by atoms with van der Waals surface area (Å²) in [5.41, 5.74) is 0. The highest BCUT2D eigenvalue weighted by atomic mass is 35.5. The Hall–Kier alpha value is -0.0500. The number of hydrogen-bond acceptors (Lipinski definition) is 2. The molecule has 0 atom stereocenters. The van der Waals surface area contributed by atoms with Crippen molar-refractivity contribution < 1.29 is 0 Å². The Kier molecular flexibility index (Phi) is 7.56. The third kappa shape index (κ3) is 9.95. The van der Waals surface area contributed by atoms with Crippen molar-refractivity contribution in [3.8, 4) is 0 Å². The van der Waals surface area contributed by atoms with Crippen molar-refractivity contribution in [2.24, 2.45) is 0 Å². The van der Waals surface area contributed by atoms with Crippen molar-refractivity contribution in [3.63, 3.8) is 0 Å². The van der Waals surface area contributed by atoms with Crippen LogP contribution in [0.4, 0.5) is 0 Å². The molecule has 0 aliphatic heterocycles. The molecule has 0 spiro atoms. The first-order valence-electron chi connectivity index (χ1n) is 4.31. The van der Waals surface area contributed by atoms with E-state index in [1.165, 1.54) is 12.8 Å². The van der Waals surface area contributed by atoms with Crippen LogP contribution in [0.25, 0.3) is 0 Å². The van der Waals surface area contributed by atoms with Crippen LogP contribution in [0, 0.1) is 0 Å². The highest BCUT2D eigenvalue weighted by Crippen LogP contribution is 1.93. The van der Waals surface area contributed by atoms with Gasteiger partial charge in [-0.25, -0.2) is 0 Å². The normalized spacial score (nSPS) is 10.7. The minimum Gasteiger partial charge on any atom is -0.312 e. The first kappa shape index (κ1) is 11.9. The number of rotatable bonds is 7. The zero-order chi connectivity index (χ0) is 9.40. The molecule has 1 N–H and O–H groups in total. The summed E-state index contributed by atoms with van der Waals surface area (Å²) >= 11 is 5.58. The molecule has 0 aliphatic rings. The first-order valence-corrected chi connectivity index (χ1v) is 4.69. The average molecular weight is 191 g/mol. The van der Waals surface area contributed by atoms with Gasteiger partial charge in [0.25, 0.3) is 0 Å². The smallest absolute Gasteiger partial charge is 0.0307 e. The van der Waals surface area contributed by atoms with Gasteiger partial charge in [-0.15, -0.1) is 0 Å². The summed E-state index contributed by atoms with van der Waals surface area (Å²) < 4.78 is 0. The van der Waals surface area contributed by atoms with Crippen molar-refractivity contribution >= 4 is 11.6 Å². The summed E-state index contributed by atoms with van der Waals surface area (Å²) in [6.07, 6.45) is 2.43. The molecule has 0 aliphatic carbocycles. The number of hydrogen-bond donors (Lipinski definition) is 1. The number of halogens is 1. The standard InChI is InChI=1S/C9H19ClN2/c1-9(10)8-11-6-4-5-7-12(2)3/h11H,1,4-8H2,2-3H3. The minimum absolute atomic E-state index is 0.683. The van der Waals surface area contributed by atoms with Crippen LogP contribution in [-0.4, -0.2) is 38.6 Å². The quantitative estimate of drug-likeness (QED) is 0.615. The lowest BCUT2D eigenvalue weighted by molar-refractivity contribution is 0.392. The van der Waals surface area contributed by atoms with Gasteiger partial charge in [-0.3, -0.25) is 0 Å². The topological polar surface area (TPSA) is 15.3 Å². The highest BCUT2D eigenvalue weighted by Gasteiger charge is 1.91. The Bertz CT molecular complexity index is 124. The van der Waals surface area contributed by atoms with Crippen LogP contribution in [0.3, 0.4) is 0 Å². The molecule has 0 bridgehead atoms. The van der Waals surface area contributed by atoms with E-state index in [1.807, 2.05) is 0 Å². The molecule has 12 heavy (non-hydrogen) atoms. The zero-order valence-corrected chi connectivity index (χ0v) is 8.82. The molecule has 0 rings (SSSR count). The lowest BCUT2D eigenvalue weighted by Gasteiger charge is -2.08. The molecule has 0 aromatic heterocycles. The second kappa shape index (κ2) is 7.59. The maximum Gasteiger partial charge on any atom is 0.0307 e. The van der Waals surface area contributed by atoms with E-state index in [4.69, 9.17) is 11.6 Å². The Morgan fingerprint density at radius 1 is 1.42 bits per heavy atom. The predicted octanol–water partition coefficient (Wildman–Crippen LogP) is 1.67. The Labute approximate surface area is 80.6 Å². The minimum atomic E-state index is 0.683. The van der Waals surface area contributed by atoms with Crippen LogP contribution in [0.5, 0.6) is 0 Å². The van der Waals surface area contributed by atoms with Crippen LogP contribution in [0.1, 0.15) is 12.8 Å². The van der Waals surface area contributed by atoms with E-state index in [0.29, 0.717) is 5.03 Å². The van der Waals surface area contributed by atoms with Crippen molar-refractivity contribution in [2.75, 3.05) is 33.7 Å². The van der Waals surface area contributed by atoms with Crippen molar-refractivity contribution in [3.05, 3.63) is 11.6 Å². The summed E-state index contributed by atoms with van der Waals surface area (Å²) in [6.45, 7) is 6.51. The summed E-state index contributed by atoms with van der Waals surface area (Å²) in [5, 5.41) is 3.89. The molecule has 0 radical (unpaired) electrons. The van der Waals surface area contributed by atoms with Crippen LogP contribution in [0.15, 0.2) is 11.6 Å². The monoisotopic (exact) mass is 190 g/mol. The largest absolute Gasteiger partial charge is 0.312 e. The Morgan fingerprint density at radius 2 is 2.08 bits per heavy atom. The molecule has 0 aromatic rings. The molecule has 0 aromatic carbocycles. The average Bonchev–Trinajstić information content (AvgIpc) is 1.95. The van der Waals surface area contributed by atoms with E-state index in [9.17, 15) is 0 Å². The van der Waals surface area contributed by atoms with E-state index < -0.39 is 0 Å². The third-order valence-electron chi connectivity index (χ3n) is 1.53. The van der Waals surface area contributed by atoms with Gasteiger partial charge in [-0.1, -0.05) is 18.2 Å². The number of unbranched alkanes of at least 4 members (excludes halogenated alkanes) is 1. The molecule has 72 valence electrons. The fraction of sp³-hybridized carbons (Fsp3) is 0.778. The molecular formula is C9H19ClN2. The number of nitrogens with one attached hydrogen (secondary N) is 1. The summed E-state index contributed by atoms with van der Waals surface area (Å²) in [7, 11) is 4.18. The summed E-state index contributed by atoms with van der Waals surface area (Å²) in [6, 6.07) is 0. The molecule has 0 saturated carbocycles. The van der Waals surface area contributed by atoms with E-state index in [-0.39, 0.29) is 0 Å². The van der Waals surface area contributed by atoms with E-state index in [2.05, 4.69) is 30.9 Å². The third-order valence-corrected chi connectivity index (χ3v) is 1.66. The molecule has 0 saturated heterocycles. The van der Waals surface area contributed by atoms with Gasteiger partial charge in [0.05, 0.1) is 0 Å². The molecule has 0 unspecified atom stereocenters. The SMILES string of the molecule is C=C(Cl)CNCCCCN(C)C. The molecule has 0 amide bonds. The number of nitrogens with zero attached hydrogens (tertiary/aromatic N) is 1. The molecule has 3 heteroatoms. The molecular weight excluding hydrogens is 172 g/mol. The van der Waals surface area contributed by atoms with Gasteiger partial charge in [0.1, 0.15) is 0 Å². The zero-order valence-electron chi connectivity index (χ0n) is 8.07. The summed E-state index contributed by atoms with van der Waals surface area (Å²) in [4.78, 5) is 2.19. The highest BCUT2D eigenvalue weighted by molar-refractivity contribution is 6.29. The van der Waals surface area contributed by atoms with Gasteiger partial charge in [0.15, 0.2) is 0 Å². The molecule has 2 nitrogen and oxygen atoms in total. The van der Waals surface area contributed by atoms with Gasteiger partial charge >= 0.3 is 0 Å². The van der Waals surface area contributed by atoms with Gasteiger partial charge < -0.3 is 10.2 Å². The Balaban J connectivity index is 2.96. The van der Waals surface area contributed by atoms with Crippen LogP contribution in [0.2, 0.25) is 0 Å². The maximum absolute atomic E-state index is 5.58. The van der Waals surface area contributed by atoms with Crippen molar-refractivity contribution in [1.29, 1.82) is 0 Å². The van der Waals surface area contributed by atoms with Crippen molar-refractivity contribution in [1.82, 2.24) is 10.2 Å². The van der Waals surface area contributed by atoms with Crippen molar-refractivity contribution in [2.45, 2.75) is 12.8 Å². The molecule has 0 fully saturated rings.